The number of ether oxygens (including phenoxy) is 1. The molecule has 0 atom stereocenters. The van der Waals surface area contributed by atoms with Gasteiger partial charge in [0.25, 0.3) is 0 Å². The molecule has 0 saturated heterocycles. The molecule has 3 heteroatoms. The Morgan fingerprint density at radius 2 is 1.52 bits per heavy atom. The molecule has 0 amide bonds. The molecule has 0 bridgehead atoms. The first-order valence-corrected chi connectivity index (χ1v) is 9.33. The summed E-state index contributed by atoms with van der Waals surface area (Å²) in [7, 11) is 0. The Morgan fingerprint density at radius 3 is 2.37 bits per heavy atom. The van der Waals surface area contributed by atoms with Crippen molar-refractivity contribution in [3.63, 3.8) is 0 Å². The molecule has 4 aromatic carbocycles. The van der Waals surface area contributed by atoms with Gasteiger partial charge in [-0.1, -0.05) is 72.3 Å². The molecule has 0 aliphatic rings. The van der Waals surface area contributed by atoms with Gasteiger partial charge in [0.1, 0.15) is 12.4 Å². The molecule has 0 heterocycles. The van der Waals surface area contributed by atoms with Crippen molar-refractivity contribution in [1.29, 1.82) is 0 Å². The Balaban J connectivity index is 1.37. The highest BCUT2D eigenvalue weighted by atomic mass is 35.5. The third-order valence-electron chi connectivity index (χ3n) is 4.49. The minimum Gasteiger partial charge on any atom is -0.489 e. The van der Waals surface area contributed by atoms with Crippen LogP contribution >= 0.6 is 11.6 Å². The number of nitrogens with one attached hydrogen (secondary N) is 1. The van der Waals surface area contributed by atoms with Gasteiger partial charge in [-0.3, -0.25) is 0 Å². The summed E-state index contributed by atoms with van der Waals surface area (Å²) in [5.74, 6) is 0.851. The van der Waals surface area contributed by atoms with Crippen LogP contribution in [0.1, 0.15) is 11.1 Å². The summed E-state index contributed by atoms with van der Waals surface area (Å²) < 4.78 is 5.84. The normalized spacial score (nSPS) is 10.7. The van der Waals surface area contributed by atoms with Crippen molar-refractivity contribution < 1.29 is 4.74 Å². The quantitative estimate of drug-likeness (QED) is 0.406. The maximum absolute atomic E-state index is 6.01. The number of benzene rings is 4. The number of anilines is 1. The fourth-order valence-electron chi connectivity index (χ4n) is 3.07. The van der Waals surface area contributed by atoms with Gasteiger partial charge >= 0.3 is 0 Å². The summed E-state index contributed by atoms with van der Waals surface area (Å²) in [6, 6.07) is 30.6. The van der Waals surface area contributed by atoms with Crippen molar-refractivity contribution in [2.45, 2.75) is 13.2 Å². The van der Waals surface area contributed by atoms with E-state index in [0.717, 1.165) is 28.6 Å². The second kappa shape index (κ2) is 8.15. The van der Waals surface area contributed by atoms with Gasteiger partial charge in [0.05, 0.1) is 0 Å². The average molecular weight is 374 g/mol. The smallest absolute Gasteiger partial charge is 0.119 e. The van der Waals surface area contributed by atoms with Gasteiger partial charge in [-0.15, -0.1) is 0 Å². The lowest BCUT2D eigenvalue weighted by molar-refractivity contribution is 0.306. The van der Waals surface area contributed by atoms with Gasteiger partial charge in [-0.2, -0.15) is 0 Å². The Morgan fingerprint density at radius 1 is 0.741 bits per heavy atom. The number of rotatable bonds is 6. The van der Waals surface area contributed by atoms with E-state index in [1.54, 1.807) is 0 Å². The molecule has 0 aliphatic heterocycles. The van der Waals surface area contributed by atoms with Crippen molar-refractivity contribution in [3.8, 4) is 5.75 Å². The Bertz CT molecular complexity index is 1040. The van der Waals surface area contributed by atoms with E-state index >= 15 is 0 Å². The third-order valence-corrected chi connectivity index (χ3v) is 4.73. The molecule has 0 saturated carbocycles. The number of hydrogen-bond donors (Lipinski definition) is 1. The lowest BCUT2D eigenvalue weighted by atomic mass is 10.1. The first kappa shape index (κ1) is 17.4. The Kier molecular flexibility index (Phi) is 5.27. The molecule has 2 nitrogen and oxygen atoms in total. The van der Waals surface area contributed by atoms with Gasteiger partial charge in [-0.25, -0.2) is 0 Å². The minimum atomic E-state index is 0.508. The van der Waals surface area contributed by atoms with Crippen molar-refractivity contribution in [1.82, 2.24) is 0 Å². The Hall–Kier alpha value is -2.97. The first-order valence-electron chi connectivity index (χ1n) is 8.96. The lowest BCUT2D eigenvalue weighted by Crippen LogP contribution is -2.00. The summed E-state index contributed by atoms with van der Waals surface area (Å²) in [4.78, 5) is 0. The molecule has 1 N–H and O–H groups in total. The molecule has 0 unspecified atom stereocenters. The van der Waals surface area contributed by atoms with Crippen molar-refractivity contribution in [2.24, 2.45) is 0 Å². The van der Waals surface area contributed by atoms with Gasteiger partial charge in [0.2, 0.25) is 0 Å². The summed E-state index contributed by atoms with van der Waals surface area (Å²) in [6.07, 6.45) is 0. The van der Waals surface area contributed by atoms with Crippen LogP contribution in [0.4, 0.5) is 5.69 Å². The maximum Gasteiger partial charge on any atom is 0.119 e. The van der Waals surface area contributed by atoms with Crippen LogP contribution in [0.5, 0.6) is 5.75 Å². The first-order chi connectivity index (χ1) is 13.3. The van der Waals surface area contributed by atoms with Crippen LogP contribution in [0.2, 0.25) is 5.02 Å². The molecular formula is C24H20ClNO. The van der Waals surface area contributed by atoms with E-state index < -0.39 is 0 Å². The fraction of sp³-hybridized carbons (Fsp3) is 0.0833. The van der Waals surface area contributed by atoms with Crippen LogP contribution < -0.4 is 10.1 Å². The Labute approximate surface area is 164 Å². The summed E-state index contributed by atoms with van der Waals surface area (Å²) >= 11 is 6.01. The van der Waals surface area contributed by atoms with Crippen LogP contribution in [0.25, 0.3) is 10.8 Å². The van der Waals surface area contributed by atoms with Crippen molar-refractivity contribution in [3.05, 3.63) is 107 Å². The van der Waals surface area contributed by atoms with Crippen LogP contribution in [0.15, 0.2) is 91.0 Å². The standard InChI is InChI=1S/C24H20ClNO/c25-21-8-3-5-19(15-21)17-27-22-13-11-18(12-14-22)16-26-24-10-4-7-20-6-1-2-9-23(20)24/h1-15,26H,16-17H2. The largest absolute Gasteiger partial charge is 0.489 e. The topological polar surface area (TPSA) is 21.3 Å². The minimum absolute atomic E-state index is 0.508. The highest BCUT2D eigenvalue weighted by molar-refractivity contribution is 6.30. The molecule has 4 rings (SSSR count). The van der Waals surface area contributed by atoms with Gasteiger partial charge < -0.3 is 10.1 Å². The van der Waals surface area contributed by atoms with Crippen LogP contribution in [-0.4, -0.2) is 0 Å². The molecular weight excluding hydrogens is 354 g/mol. The average Bonchev–Trinajstić information content (AvgIpc) is 2.71. The molecule has 4 aromatic rings. The highest BCUT2D eigenvalue weighted by Crippen LogP contribution is 2.24. The zero-order chi connectivity index (χ0) is 18.5. The molecule has 0 radical (unpaired) electrons. The van der Waals surface area contributed by atoms with E-state index in [0.29, 0.717) is 6.61 Å². The molecule has 0 fully saturated rings. The summed E-state index contributed by atoms with van der Waals surface area (Å²) in [5.41, 5.74) is 3.41. The van der Waals surface area contributed by atoms with Gasteiger partial charge in [0, 0.05) is 22.6 Å². The van der Waals surface area contributed by atoms with Gasteiger partial charge in [0.15, 0.2) is 0 Å². The van der Waals surface area contributed by atoms with Crippen molar-refractivity contribution >= 4 is 28.1 Å². The lowest BCUT2D eigenvalue weighted by Gasteiger charge is -2.11. The van der Waals surface area contributed by atoms with Gasteiger partial charge in [-0.05, 0) is 46.8 Å². The predicted molar refractivity (Wildman–Crippen MR) is 114 cm³/mol. The second-order valence-corrected chi connectivity index (χ2v) is 6.88. The highest BCUT2D eigenvalue weighted by Gasteiger charge is 2.01. The molecule has 0 aliphatic carbocycles. The van der Waals surface area contributed by atoms with E-state index in [-0.39, 0.29) is 0 Å². The number of fused-ring (bicyclic) bond motifs is 1. The molecule has 0 spiro atoms. The predicted octanol–water partition coefficient (Wildman–Crippen LogP) is 6.68. The fourth-order valence-corrected chi connectivity index (χ4v) is 3.29. The van der Waals surface area contributed by atoms with E-state index in [9.17, 15) is 0 Å². The zero-order valence-electron chi connectivity index (χ0n) is 14.9. The van der Waals surface area contributed by atoms with E-state index in [4.69, 9.17) is 16.3 Å². The molecule has 0 aromatic heterocycles. The SMILES string of the molecule is Clc1cccc(COc2ccc(CNc3cccc4ccccc34)cc2)c1. The van der Waals surface area contributed by atoms with Crippen LogP contribution in [-0.2, 0) is 13.2 Å². The maximum atomic E-state index is 6.01. The third kappa shape index (κ3) is 4.42. The summed E-state index contributed by atoms with van der Waals surface area (Å²) in [5, 5.41) is 6.74. The zero-order valence-corrected chi connectivity index (χ0v) is 15.6. The van der Waals surface area contributed by atoms with Crippen LogP contribution in [0.3, 0.4) is 0 Å². The van der Waals surface area contributed by atoms with E-state index in [1.165, 1.54) is 16.3 Å². The van der Waals surface area contributed by atoms with E-state index in [1.807, 2.05) is 36.4 Å². The molecule has 27 heavy (non-hydrogen) atoms. The van der Waals surface area contributed by atoms with Crippen molar-refractivity contribution in [2.75, 3.05) is 5.32 Å². The second-order valence-electron chi connectivity index (χ2n) is 6.44. The summed E-state index contributed by atoms with van der Waals surface area (Å²) in [6.45, 7) is 1.27. The van der Waals surface area contributed by atoms with E-state index in [2.05, 4.69) is 59.9 Å². The number of halogens is 1. The molecule has 134 valence electrons. The monoisotopic (exact) mass is 373 g/mol. The van der Waals surface area contributed by atoms with Crippen LogP contribution in [0, 0.1) is 0 Å². The number of hydrogen-bond acceptors (Lipinski definition) is 2.